The van der Waals surface area contributed by atoms with Gasteiger partial charge in [-0.3, -0.25) is 9.59 Å². The molecule has 0 fully saturated rings. The van der Waals surface area contributed by atoms with Gasteiger partial charge in [-0.25, -0.2) is 0 Å². The summed E-state index contributed by atoms with van der Waals surface area (Å²) in [5, 5.41) is 9.05. The van der Waals surface area contributed by atoms with Gasteiger partial charge >= 0.3 is 5.97 Å². The van der Waals surface area contributed by atoms with Crippen molar-refractivity contribution < 1.29 is 24.2 Å². The molecule has 134 valence electrons. The van der Waals surface area contributed by atoms with E-state index in [1.807, 2.05) is 27.7 Å². The van der Waals surface area contributed by atoms with Crippen LogP contribution in [0.3, 0.4) is 0 Å². The molecule has 1 unspecified atom stereocenters. The molecule has 6 heteroatoms. The molecule has 0 saturated carbocycles. The molecule has 1 atom stereocenters. The summed E-state index contributed by atoms with van der Waals surface area (Å²) < 4.78 is 11.0. The minimum atomic E-state index is -1.03. The summed E-state index contributed by atoms with van der Waals surface area (Å²) in [6.07, 6.45) is 0.672. The zero-order valence-electron chi connectivity index (χ0n) is 15.0. The molecule has 6 nitrogen and oxygen atoms in total. The van der Waals surface area contributed by atoms with Gasteiger partial charge in [-0.15, -0.1) is 0 Å². The highest BCUT2D eigenvalue weighted by Gasteiger charge is 2.24. The quantitative estimate of drug-likeness (QED) is 0.749. The number of carboxylic acids is 1. The van der Waals surface area contributed by atoms with Gasteiger partial charge in [-0.2, -0.15) is 0 Å². The van der Waals surface area contributed by atoms with Crippen molar-refractivity contribution in [3.05, 3.63) is 23.8 Å². The molecular formula is C18H27NO5. The van der Waals surface area contributed by atoms with E-state index in [0.29, 0.717) is 36.0 Å². The largest absolute Gasteiger partial charge is 0.493 e. The molecule has 1 aromatic rings. The van der Waals surface area contributed by atoms with Crippen LogP contribution in [-0.2, 0) is 4.79 Å². The van der Waals surface area contributed by atoms with Crippen molar-refractivity contribution in [1.29, 1.82) is 0 Å². The predicted molar refractivity (Wildman–Crippen MR) is 91.8 cm³/mol. The highest BCUT2D eigenvalue weighted by atomic mass is 16.5. The SMILES string of the molecule is CCC(C)N(CC(=O)O)C(=O)c1ccc(OCC(C)C)c(OC)c1. The summed E-state index contributed by atoms with van der Waals surface area (Å²) in [5.74, 6) is 0.0254. The Morgan fingerprint density at radius 1 is 1.21 bits per heavy atom. The average molecular weight is 337 g/mol. The predicted octanol–water partition coefficient (Wildman–Crippen LogP) is 3.06. The van der Waals surface area contributed by atoms with Crippen LogP contribution in [0.1, 0.15) is 44.5 Å². The van der Waals surface area contributed by atoms with E-state index in [4.69, 9.17) is 14.6 Å². The third-order valence-electron chi connectivity index (χ3n) is 3.67. The molecule has 0 aliphatic rings. The van der Waals surface area contributed by atoms with E-state index in [9.17, 15) is 9.59 Å². The smallest absolute Gasteiger partial charge is 0.323 e. The van der Waals surface area contributed by atoms with Crippen LogP contribution in [0.5, 0.6) is 11.5 Å². The van der Waals surface area contributed by atoms with E-state index in [0.717, 1.165) is 0 Å². The lowest BCUT2D eigenvalue weighted by Gasteiger charge is -2.27. The first-order chi connectivity index (χ1) is 11.3. The van der Waals surface area contributed by atoms with Crippen LogP contribution in [0, 0.1) is 5.92 Å². The van der Waals surface area contributed by atoms with Gasteiger partial charge in [0.2, 0.25) is 0 Å². The van der Waals surface area contributed by atoms with Crippen LogP contribution in [0.25, 0.3) is 0 Å². The molecule has 0 aliphatic carbocycles. The number of nitrogens with zero attached hydrogens (tertiary/aromatic N) is 1. The van der Waals surface area contributed by atoms with Crippen molar-refractivity contribution in [2.45, 2.75) is 40.2 Å². The summed E-state index contributed by atoms with van der Waals surface area (Å²) in [4.78, 5) is 25.1. The highest BCUT2D eigenvalue weighted by molar-refractivity contribution is 5.96. The van der Waals surface area contributed by atoms with E-state index in [-0.39, 0.29) is 18.5 Å². The lowest BCUT2D eigenvalue weighted by atomic mass is 10.1. The van der Waals surface area contributed by atoms with Gasteiger partial charge in [-0.1, -0.05) is 20.8 Å². The number of carbonyl (C=O) groups is 2. The summed E-state index contributed by atoms with van der Waals surface area (Å²) in [7, 11) is 1.51. The number of carboxylic acid groups (broad SMARTS) is 1. The van der Waals surface area contributed by atoms with Gasteiger partial charge in [0.15, 0.2) is 11.5 Å². The average Bonchev–Trinajstić information content (AvgIpc) is 2.56. The normalized spacial score (nSPS) is 11.9. The van der Waals surface area contributed by atoms with Crippen molar-refractivity contribution in [2.75, 3.05) is 20.3 Å². The molecule has 0 bridgehead atoms. The van der Waals surface area contributed by atoms with Crippen LogP contribution in [0.4, 0.5) is 0 Å². The van der Waals surface area contributed by atoms with Crippen LogP contribution in [0.15, 0.2) is 18.2 Å². The fraction of sp³-hybridized carbons (Fsp3) is 0.556. The van der Waals surface area contributed by atoms with Crippen molar-refractivity contribution in [3.63, 3.8) is 0 Å². The van der Waals surface area contributed by atoms with Crippen molar-refractivity contribution in [2.24, 2.45) is 5.92 Å². The topological polar surface area (TPSA) is 76.1 Å². The number of amides is 1. The molecule has 0 aliphatic heterocycles. The second-order valence-corrected chi connectivity index (χ2v) is 6.15. The monoisotopic (exact) mass is 337 g/mol. The summed E-state index contributed by atoms with van der Waals surface area (Å²) in [6.45, 7) is 8.04. The van der Waals surface area contributed by atoms with Gasteiger partial charge in [0, 0.05) is 11.6 Å². The summed E-state index contributed by atoms with van der Waals surface area (Å²) in [6, 6.07) is 4.74. The van der Waals surface area contributed by atoms with Gasteiger partial charge in [0.25, 0.3) is 5.91 Å². The molecule has 1 rings (SSSR count). The van der Waals surface area contributed by atoms with Gasteiger partial charge in [0.1, 0.15) is 6.54 Å². The molecule has 0 spiro atoms. The van der Waals surface area contributed by atoms with Crippen LogP contribution < -0.4 is 9.47 Å². The zero-order chi connectivity index (χ0) is 18.3. The van der Waals surface area contributed by atoms with Crippen LogP contribution in [0.2, 0.25) is 0 Å². The second-order valence-electron chi connectivity index (χ2n) is 6.15. The fourth-order valence-electron chi connectivity index (χ4n) is 2.14. The summed E-state index contributed by atoms with van der Waals surface area (Å²) >= 11 is 0. The molecule has 1 N–H and O–H groups in total. The van der Waals surface area contributed by atoms with E-state index in [1.165, 1.54) is 12.0 Å². The van der Waals surface area contributed by atoms with E-state index in [1.54, 1.807) is 18.2 Å². The molecule has 1 amide bonds. The van der Waals surface area contributed by atoms with Gasteiger partial charge in [0.05, 0.1) is 13.7 Å². The molecule has 0 aromatic heterocycles. The van der Waals surface area contributed by atoms with Crippen molar-refractivity contribution >= 4 is 11.9 Å². The lowest BCUT2D eigenvalue weighted by molar-refractivity contribution is -0.138. The molecule has 0 heterocycles. The van der Waals surface area contributed by atoms with Crippen LogP contribution >= 0.6 is 0 Å². The second kappa shape index (κ2) is 9.15. The maximum absolute atomic E-state index is 12.7. The van der Waals surface area contributed by atoms with E-state index >= 15 is 0 Å². The fourth-order valence-corrected chi connectivity index (χ4v) is 2.14. The molecular weight excluding hydrogens is 310 g/mol. The van der Waals surface area contributed by atoms with E-state index in [2.05, 4.69) is 0 Å². The lowest BCUT2D eigenvalue weighted by Crippen LogP contribution is -2.41. The maximum Gasteiger partial charge on any atom is 0.323 e. The number of carbonyl (C=O) groups excluding carboxylic acids is 1. The van der Waals surface area contributed by atoms with Crippen molar-refractivity contribution in [3.8, 4) is 11.5 Å². The number of rotatable bonds is 9. The first kappa shape index (κ1) is 19.8. The van der Waals surface area contributed by atoms with E-state index < -0.39 is 5.97 Å². The number of methoxy groups -OCH3 is 1. The first-order valence-electron chi connectivity index (χ1n) is 8.13. The Kier molecular flexibility index (Phi) is 7.55. The summed E-state index contributed by atoms with van der Waals surface area (Å²) in [5.41, 5.74) is 0.380. The minimum absolute atomic E-state index is 0.170. The molecule has 0 saturated heterocycles. The Hall–Kier alpha value is -2.24. The standard InChI is InChI=1S/C18H27NO5/c1-6-13(4)19(10-17(20)21)18(22)14-7-8-15(16(9-14)23-5)24-11-12(2)3/h7-9,12-13H,6,10-11H2,1-5H3,(H,20,21). The Labute approximate surface area is 143 Å². The molecule has 0 radical (unpaired) electrons. The Morgan fingerprint density at radius 3 is 2.38 bits per heavy atom. The number of hydrogen-bond donors (Lipinski definition) is 1. The zero-order valence-corrected chi connectivity index (χ0v) is 15.0. The highest BCUT2D eigenvalue weighted by Crippen LogP contribution is 2.29. The number of aliphatic carboxylic acids is 1. The van der Waals surface area contributed by atoms with Crippen LogP contribution in [-0.4, -0.2) is 48.2 Å². The molecule has 24 heavy (non-hydrogen) atoms. The first-order valence-corrected chi connectivity index (χ1v) is 8.13. The minimum Gasteiger partial charge on any atom is -0.493 e. The number of benzene rings is 1. The number of ether oxygens (including phenoxy) is 2. The third-order valence-corrected chi connectivity index (χ3v) is 3.67. The van der Waals surface area contributed by atoms with Crippen molar-refractivity contribution in [1.82, 2.24) is 4.90 Å². The maximum atomic E-state index is 12.7. The Morgan fingerprint density at radius 2 is 1.88 bits per heavy atom. The number of hydrogen-bond acceptors (Lipinski definition) is 4. The Balaban J connectivity index is 3.06. The third kappa shape index (κ3) is 5.44. The van der Waals surface area contributed by atoms with Gasteiger partial charge < -0.3 is 19.5 Å². The van der Waals surface area contributed by atoms with Gasteiger partial charge in [-0.05, 0) is 37.5 Å². The molecule has 1 aromatic carbocycles. The Bertz CT molecular complexity index is 571.